The minimum atomic E-state index is -0.742. The number of esters is 1. The van der Waals surface area contributed by atoms with Gasteiger partial charge in [0.25, 0.3) is 0 Å². The minimum absolute atomic E-state index is 0.118. The monoisotopic (exact) mass is 586 g/mol. The van der Waals surface area contributed by atoms with E-state index in [1.54, 1.807) is 49.9 Å². The van der Waals surface area contributed by atoms with Gasteiger partial charge < -0.3 is 18.9 Å². The second-order valence-electron chi connectivity index (χ2n) is 11.7. The van der Waals surface area contributed by atoms with Gasteiger partial charge in [-0.05, 0) is 76.8 Å². The van der Waals surface area contributed by atoms with Crippen LogP contribution in [0.15, 0.2) is 40.9 Å². The third kappa shape index (κ3) is 5.01. The molecular formula is C30H29Cl2FN2O5. The molecule has 7 nitrogen and oxygen atoms in total. The quantitative estimate of drug-likeness (QED) is 0.269. The number of carbonyl (C=O) groups is 2. The number of rotatable bonds is 7. The van der Waals surface area contributed by atoms with Gasteiger partial charge >= 0.3 is 5.97 Å². The minimum Gasteiger partial charge on any atom is -0.456 e. The molecule has 40 heavy (non-hydrogen) atoms. The first-order valence-electron chi connectivity index (χ1n) is 13.4. The maximum Gasteiger partial charge on any atom is 0.341 e. The normalized spacial score (nSPS) is 22.3. The summed E-state index contributed by atoms with van der Waals surface area (Å²) in [6.07, 6.45) is 2.96. The molecule has 1 amide bonds. The molecule has 3 atom stereocenters. The number of piperidine rings is 1. The molecule has 3 aliphatic rings. The van der Waals surface area contributed by atoms with Crippen LogP contribution in [-0.4, -0.2) is 34.8 Å². The first-order valence-corrected chi connectivity index (χ1v) is 14.2. The number of hydrogen-bond donors (Lipinski definition) is 0. The standard InChI is InChI=1S/C30H29Cl2FN2O5/c1-30(2,3)39-29(37)18-10-9-16(12-23(18)33)35-17-11-19(28(35)36)24(13-17)38-14-20-26(34-40-27(20)15-7-8-15)25-21(31)5-4-6-22(25)32/h4-6,9-10,12,15,17,19,24H,7-8,11,13-14H2,1-3H3/t17-,19+,24+/m0/s1. The number of benzene rings is 2. The number of carbonyl (C=O) groups excluding carboxylic acids is 2. The van der Waals surface area contributed by atoms with Gasteiger partial charge in [0.15, 0.2) is 0 Å². The van der Waals surface area contributed by atoms with Gasteiger partial charge in [0, 0.05) is 28.8 Å². The molecule has 6 rings (SSSR count). The van der Waals surface area contributed by atoms with E-state index in [1.165, 1.54) is 12.1 Å². The van der Waals surface area contributed by atoms with E-state index in [-0.39, 0.29) is 42.1 Å². The zero-order valence-electron chi connectivity index (χ0n) is 22.4. The van der Waals surface area contributed by atoms with E-state index >= 15 is 0 Å². The highest BCUT2D eigenvalue weighted by molar-refractivity contribution is 6.39. The van der Waals surface area contributed by atoms with Crippen molar-refractivity contribution in [2.75, 3.05) is 4.90 Å². The number of halogens is 3. The fourth-order valence-corrected chi connectivity index (χ4v) is 6.29. The summed E-state index contributed by atoms with van der Waals surface area (Å²) in [5.74, 6) is -0.862. The molecule has 10 heteroatoms. The average molecular weight is 587 g/mol. The first-order chi connectivity index (χ1) is 19.0. The maximum atomic E-state index is 14.9. The van der Waals surface area contributed by atoms with Crippen molar-refractivity contribution in [3.8, 4) is 11.3 Å². The Kier molecular flexibility index (Phi) is 6.92. The SMILES string of the molecule is CC(C)(C)OC(=O)c1ccc(N2C(=O)[C@@H]3C[C@H]2C[C@H]3OCc2c(-c3c(Cl)cccc3Cl)noc2C2CC2)cc1F. The summed E-state index contributed by atoms with van der Waals surface area (Å²) in [5.41, 5.74) is 1.50. The largest absolute Gasteiger partial charge is 0.456 e. The highest BCUT2D eigenvalue weighted by Crippen LogP contribution is 2.48. The molecule has 2 aliphatic carbocycles. The van der Waals surface area contributed by atoms with E-state index in [2.05, 4.69) is 5.16 Å². The van der Waals surface area contributed by atoms with Crippen LogP contribution in [-0.2, 0) is 20.9 Å². The summed E-state index contributed by atoms with van der Waals surface area (Å²) in [7, 11) is 0. The van der Waals surface area contributed by atoms with Crippen LogP contribution in [0.25, 0.3) is 11.3 Å². The molecule has 0 N–H and O–H groups in total. The van der Waals surface area contributed by atoms with Crippen LogP contribution >= 0.6 is 23.2 Å². The lowest BCUT2D eigenvalue weighted by Gasteiger charge is -2.31. The van der Waals surface area contributed by atoms with E-state index in [0.29, 0.717) is 39.8 Å². The van der Waals surface area contributed by atoms with Crippen molar-refractivity contribution >= 4 is 40.8 Å². The second-order valence-corrected chi connectivity index (χ2v) is 12.5. The maximum absolute atomic E-state index is 14.9. The van der Waals surface area contributed by atoms with Crippen molar-refractivity contribution in [3.63, 3.8) is 0 Å². The number of anilines is 1. The predicted molar refractivity (Wildman–Crippen MR) is 148 cm³/mol. The van der Waals surface area contributed by atoms with Gasteiger partial charge in [-0.2, -0.15) is 0 Å². The number of hydrogen-bond acceptors (Lipinski definition) is 6. The van der Waals surface area contributed by atoms with Crippen LogP contribution in [0.5, 0.6) is 0 Å². The number of aromatic nitrogens is 1. The third-order valence-corrected chi connectivity index (χ3v) is 8.29. The Morgan fingerprint density at radius 2 is 1.88 bits per heavy atom. The zero-order valence-corrected chi connectivity index (χ0v) is 23.9. The Labute approximate surface area is 241 Å². The molecule has 1 aliphatic heterocycles. The third-order valence-electron chi connectivity index (χ3n) is 7.66. The smallest absolute Gasteiger partial charge is 0.341 e. The van der Waals surface area contributed by atoms with Crippen LogP contribution in [0.3, 0.4) is 0 Å². The molecular weight excluding hydrogens is 558 g/mol. The summed E-state index contributed by atoms with van der Waals surface area (Å²) < 4.78 is 32.3. The summed E-state index contributed by atoms with van der Waals surface area (Å²) in [6, 6.07) is 9.35. The predicted octanol–water partition coefficient (Wildman–Crippen LogP) is 7.33. The van der Waals surface area contributed by atoms with Gasteiger partial charge in [0.2, 0.25) is 5.91 Å². The van der Waals surface area contributed by atoms with Crippen molar-refractivity contribution in [2.45, 2.75) is 76.7 Å². The molecule has 2 aromatic carbocycles. The number of amides is 1. The first kappa shape index (κ1) is 27.2. The Balaban J connectivity index is 1.17. The molecule has 1 saturated heterocycles. The van der Waals surface area contributed by atoms with Gasteiger partial charge in [-0.15, -0.1) is 0 Å². The molecule has 3 aromatic rings. The molecule has 1 aromatic heterocycles. The average Bonchev–Trinajstić information content (AvgIpc) is 3.38. The summed E-state index contributed by atoms with van der Waals surface area (Å²) >= 11 is 12.9. The van der Waals surface area contributed by atoms with Gasteiger partial charge in [0.05, 0.1) is 34.2 Å². The lowest BCUT2D eigenvalue weighted by Crippen LogP contribution is -2.43. The Morgan fingerprint density at radius 1 is 1.15 bits per heavy atom. The van der Waals surface area contributed by atoms with Crippen LogP contribution < -0.4 is 4.90 Å². The lowest BCUT2D eigenvalue weighted by molar-refractivity contribution is -0.126. The van der Waals surface area contributed by atoms with Crippen molar-refractivity contribution in [3.05, 3.63) is 69.1 Å². The van der Waals surface area contributed by atoms with Crippen molar-refractivity contribution in [1.29, 1.82) is 0 Å². The second kappa shape index (κ2) is 10.2. The number of ether oxygens (including phenoxy) is 2. The lowest BCUT2D eigenvalue weighted by atomic mass is 10.0. The molecule has 2 saturated carbocycles. The molecule has 0 unspecified atom stereocenters. The fourth-order valence-electron chi connectivity index (χ4n) is 5.72. The Morgan fingerprint density at radius 3 is 2.50 bits per heavy atom. The van der Waals surface area contributed by atoms with E-state index in [1.807, 2.05) is 0 Å². The fraction of sp³-hybridized carbons (Fsp3) is 0.433. The summed E-state index contributed by atoms with van der Waals surface area (Å²) in [6.45, 7) is 5.38. The van der Waals surface area contributed by atoms with Crippen molar-refractivity contribution in [2.24, 2.45) is 5.92 Å². The van der Waals surface area contributed by atoms with E-state index in [9.17, 15) is 14.0 Å². The highest BCUT2D eigenvalue weighted by Gasteiger charge is 2.52. The number of nitrogens with zero attached hydrogens (tertiary/aromatic N) is 2. The van der Waals surface area contributed by atoms with Gasteiger partial charge in [0.1, 0.15) is 22.9 Å². The molecule has 210 valence electrons. The summed E-state index contributed by atoms with van der Waals surface area (Å²) in [5, 5.41) is 5.25. The molecule has 2 bridgehead atoms. The molecule has 0 radical (unpaired) electrons. The highest BCUT2D eigenvalue weighted by atomic mass is 35.5. The van der Waals surface area contributed by atoms with E-state index < -0.39 is 17.4 Å². The van der Waals surface area contributed by atoms with Crippen LogP contribution in [0.2, 0.25) is 10.0 Å². The summed E-state index contributed by atoms with van der Waals surface area (Å²) in [4.78, 5) is 27.4. The van der Waals surface area contributed by atoms with Gasteiger partial charge in [-0.25, -0.2) is 9.18 Å². The molecule has 3 fully saturated rings. The van der Waals surface area contributed by atoms with Crippen LogP contribution in [0, 0.1) is 11.7 Å². The van der Waals surface area contributed by atoms with Crippen LogP contribution in [0.4, 0.5) is 10.1 Å². The van der Waals surface area contributed by atoms with Gasteiger partial charge in [-0.3, -0.25) is 4.79 Å². The Hall–Kier alpha value is -2.94. The van der Waals surface area contributed by atoms with E-state index in [4.69, 9.17) is 37.2 Å². The zero-order chi connectivity index (χ0) is 28.3. The van der Waals surface area contributed by atoms with Crippen molar-refractivity contribution in [1.82, 2.24) is 5.16 Å². The van der Waals surface area contributed by atoms with Gasteiger partial charge in [-0.1, -0.05) is 34.4 Å². The van der Waals surface area contributed by atoms with Crippen molar-refractivity contribution < 1.29 is 28.0 Å². The van der Waals surface area contributed by atoms with Crippen LogP contribution in [0.1, 0.15) is 74.1 Å². The molecule has 2 heterocycles. The number of fused-ring (bicyclic) bond motifs is 2. The topological polar surface area (TPSA) is 81.9 Å². The van der Waals surface area contributed by atoms with E-state index in [0.717, 1.165) is 24.2 Å². The molecule has 0 spiro atoms. The Bertz CT molecular complexity index is 1480.